The van der Waals surface area contributed by atoms with Gasteiger partial charge < -0.3 is 15.5 Å². The predicted molar refractivity (Wildman–Crippen MR) is 124 cm³/mol. The summed E-state index contributed by atoms with van der Waals surface area (Å²) in [6, 6.07) is 14.6. The standard InChI is InChI=1S/C23H23N5O3S/c1-23(20(30)26-21(31)27-23)15-7-4-8-16(12-15)24-19(29)14-6-5-11-28(13-14)22-25-17-9-2-3-10-18(17)32-22/h2-4,7-10,12,14H,5-6,11,13H2,1H3,(H,24,29)(H2,26,27,30,31). The van der Waals surface area contributed by atoms with E-state index >= 15 is 0 Å². The number of hydrogen-bond acceptors (Lipinski definition) is 6. The van der Waals surface area contributed by atoms with Crippen LogP contribution < -0.4 is 20.9 Å². The fraction of sp³-hybridized carbons (Fsp3) is 0.304. The molecule has 2 unspecified atom stereocenters. The van der Waals surface area contributed by atoms with Gasteiger partial charge in [0, 0.05) is 18.8 Å². The lowest BCUT2D eigenvalue weighted by Crippen LogP contribution is -2.41. The van der Waals surface area contributed by atoms with E-state index in [1.165, 1.54) is 0 Å². The molecule has 2 fully saturated rings. The van der Waals surface area contributed by atoms with Crippen LogP contribution in [0.3, 0.4) is 0 Å². The molecule has 3 aromatic rings. The van der Waals surface area contributed by atoms with Gasteiger partial charge in [-0.05, 0) is 49.6 Å². The summed E-state index contributed by atoms with van der Waals surface area (Å²) < 4.78 is 1.14. The van der Waals surface area contributed by atoms with Gasteiger partial charge in [-0.2, -0.15) is 0 Å². The fourth-order valence-corrected chi connectivity index (χ4v) is 5.26. The van der Waals surface area contributed by atoms with Crippen molar-refractivity contribution in [1.29, 1.82) is 0 Å². The normalized spacial score (nSPS) is 23.2. The molecule has 2 aliphatic rings. The van der Waals surface area contributed by atoms with Gasteiger partial charge >= 0.3 is 6.03 Å². The minimum absolute atomic E-state index is 0.0574. The Morgan fingerprint density at radius 3 is 2.84 bits per heavy atom. The number of rotatable bonds is 4. The van der Waals surface area contributed by atoms with E-state index in [1.54, 1.807) is 42.5 Å². The summed E-state index contributed by atoms with van der Waals surface area (Å²) in [5, 5.41) is 8.85. The molecule has 1 aromatic heterocycles. The van der Waals surface area contributed by atoms with Crippen molar-refractivity contribution in [2.75, 3.05) is 23.3 Å². The average molecular weight is 450 g/mol. The van der Waals surface area contributed by atoms with Crippen molar-refractivity contribution in [3.8, 4) is 0 Å². The third-order valence-electron chi connectivity index (χ3n) is 6.10. The van der Waals surface area contributed by atoms with Gasteiger partial charge in [0.1, 0.15) is 5.54 Å². The fourth-order valence-electron chi connectivity index (χ4n) is 4.26. The van der Waals surface area contributed by atoms with Crippen molar-refractivity contribution in [2.24, 2.45) is 5.92 Å². The molecule has 32 heavy (non-hydrogen) atoms. The van der Waals surface area contributed by atoms with Crippen LogP contribution in [0.1, 0.15) is 25.3 Å². The van der Waals surface area contributed by atoms with Gasteiger partial charge in [0.05, 0.1) is 16.1 Å². The van der Waals surface area contributed by atoms with Crippen LogP contribution in [0.2, 0.25) is 0 Å². The molecule has 4 amide bonds. The second-order valence-electron chi connectivity index (χ2n) is 8.35. The first-order valence-corrected chi connectivity index (χ1v) is 11.4. The summed E-state index contributed by atoms with van der Waals surface area (Å²) in [7, 11) is 0. The highest BCUT2D eigenvalue weighted by atomic mass is 32.1. The second kappa shape index (κ2) is 7.90. The number of carbonyl (C=O) groups excluding carboxylic acids is 3. The number of aromatic nitrogens is 1. The van der Waals surface area contributed by atoms with Crippen molar-refractivity contribution in [1.82, 2.24) is 15.6 Å². The summed E-state index contributed by atoms with van der Waals surface area (Å²) in [5.41, 5.74) is 1.03. The van der Waals surface area contributed by atoms with Crippen LogP contribution >= 0.6 is 11.3 Å². The van der Waals surface area contributed by atoms with Gasteiger partial charge in [0.15, 0.2) is 5.13 Å². The van der Waals surface area contributed by atoms with Crippen LogP contribution in [0, 0.1) is 5.92 Å². The lowest BCUT2D eigenvalue weighted by atomic mass is 9.92. The van der Waals surface area contributed by atoms with Crippen molar-refractivity contribution in [3.63, 3.8) is 0 Å². The summed E-state index contributed by atoms with van der Waals surface area (Å²) in [4.78, 5) is 43.8. The third-order valence-corrected chi connectivity index (χ3v) is 7.19. The quantitative estimate of drug-likeness (QED) is 0.531. The number of nitrogens with one attached hydrogen (secondary N) is 3. The monoisotopic (exact) mass is 449 g/mol. The Morgan fingerprint density at radius 1 is 1.22 bits per heavy atom. The largest absolute Gasteiger partial charge is 0.347 e. The molecule has 2 aliphatic heterocycles. The van der Waals surface area contributed by atoms with Gasteiger partial charge in [-0.15, -0.1) is 0 Å². The maximum absolute atomic E-state index is 13.0. The smallest absolute Gasteiger partial charge is 0.322 e. The van der Waals surface area contributed by atoms with E-state index in [2.05, 4.69) is 26.9 Å². The zero-order chi connectivity index (χ0) is 22.3. The first-order chi connectivity index (χ1) is 15.4. The number of carbonyl (C=O) groups is 3. The highest BCUT2D eigenvalue weighted by Crippen LogP contribution is 2.32. The number of fused-ring (bicyclic) bond motifs is 1. The number of amides is 4. The van der Waals surface area contributed by atoms with Crippen molar-refractivity contribution >= 4 is 50.2 Å². The number of thiazole rings is 1. The summed E-state index contributed by atoms with van der Waals surface area (Å²) in [5.74, 6) is -0.632. The predicted octanol–water partition coefficient (Wildman–Crippen LogP) is 3.21. The van der Waals surface area contributed by atoms with Gasteiger partial charge in [-0.1, -0.05) is 35.6 Å². The van der Waals surface area contributed by atoms with Crippen LogP contribution in [-0.2, 0) is 15.1 Å². The molecular weight excluding hydrogens is 426 g/mol. The van der Waals surface area contributed by atoms with Crippen molar-refractivity contribution < 1.29 is 14.4 Å². The minimum atomic E-state index is -1.16. The molecule has 9 heteroatoms. The van der Waals surface area contributed by atoms with Crippen LogP contribution in [-0.4, -0.2) is 35.9 Å². The molecule has 0 radical (unpaired) electrons. The molecule has 0 aliphatic carbocycles. The Hall–Kier alpha value is -3.46. The number of imide groups is 1. The lowest BCUT2D eigenvalue weighted by molar-refractivity contribution is -0.123. The molecule has 8 nitrogen and oxygen atoms in total. The Balaban J connectivity index is 1.30. The molecule has 5 rings (SSSR count). The topological polar surface area (TPSA) is 103 Å². The Labute approximate surface area is 189 Å². The zero-order valence-electron chi connectivity index (χ0n) is 17.6. The summed E-state index contributed by atoms with van der Waals surface area (Å²) in [6.45, 7) is 3.14. The van der Waals surface area contributed by atoms with E-state index in [0.29, 0.717) is 17.8 Å². The molecule has 0 spiro atoms. The van der Waals surface area contributed by atoms with Crippen LogP contribution in [0.5, 0.6) is 0 Å². The Kier molecular flexibility index (Phi) is 5.05. The van der Waals surface area contributed by atoms with E-state index in [-0.39, 0.29) is 11.8 Å². The highest BCUT2D eigenvalue weighted by molar-refractivity contribution is 7.22. The number of benzene rings is 2. The number of hydrogen-bond donors (Lipinski definition) is 3. The molecule has 164 valence electrons. The van der Waals surface area contributed by atoms with E-state index < -0.39 is 17.5 Å². The molecular formula is C23H23N5O3S. The summed E-state index contributed by atoms with van der Waals surface area (Å²) in [6.07, 6.45) is 1.72. The molecule has 3 heterocycles. The van der Waals surface area contributed by atoms with Gasteiger partial charge in [0.2, 0.25) is 5.91 Å². The zero-order valence-corrected chi connectivity index (χ0v) is 18.4. The molecule has 0 bridgehead atoms. The minimum Gasteiger partial charge on any atom is -0.347 e. The van der Waals surface area contributed by atoms with E-state index in [1.807, 2.05) is 18.2 Å². The Bertz CT molecular complexity index is 1190. The van der Waals surface area contributed by atoms with Gasteiger partial charge in [-0.3, -0.25) is 14.9 Å². The number of urea groups is 1. The molecule has 2 saturated heterocycles. The molecule has 2 atom stereocenters. The molecule has 0 saturated carbocycles. The SMILES string of the molecule is CC1(c2cccc(NC(=O)C3CCCN(c4nc5ccccc5s4)C3)c2)NC(=O)NC1=O. The van der Waals surface area contributed by atoms with Crippen molar-refractivity contribution in [2.45, 2.75) is 25.3 Å². The van der Waals surface area contributed by atoms with Crippen LogP contribution in [0.25, 0.3) is 10.2 Å². The maximum atomic E-state index is 13.0. The molecule has 3 N–H and O–H groups in total. The van der Waals surface area contributed by atoms with Crippen LogP contribution in [0.4, 0.5) is 15.6 Å². The highest BCUT2D eigenvalue weighted by Gasteiger charge is 2.43. The third kappa shape index (κ3) is 3.69. The van der Waals surface area contributed by atoms with E-state index in [4.69, 9.17) is 4.98 Å². The van der Waals surface area contributed by atoms with Crippen molar-refractivity contribution in [3.05, 3.63) is 54.1 Å². The van der Waals surface area contributed by atoms with E-state index in [0.717, 1.165) is 34.7 Å². The van der Waals surface area contributed by atoms with Crippen LogP contribution in [0.15, 0.2) is 48.5 Å². The second-order valence-corrected chi connectivity index (χ2v) is 9.36. The molecule has 2 aromatic carbocycles. The first kappa shape index (κ1) is 20.4. The van der Waals surface area contributed by atoms with Gasteiger partial charge in [-0.25, -0.2) is 9.78 Å². The number of piperidine rings is 1. The van der Waals surface area contributed by atoms with E-state index in [9.17, 15) is 14.4 Å². The first-order valence-electron chi connectivity index (χ1n) is 10.6. The van der Waals surface area contributed by atoms with Gasteiger partial charge in [0.25, 0.3) is 5.91 Å². The number of anilines is 2. The number of para-hydroxylation sites is 1. The number of nitrogens with zero attached hydrogens (tertiary/aromatic N) is 2. The lowest BCUT2D eigenvalue weighted by Gasteiger charge is -2.31. The Morgan fingerprint density at radius 2 is 2.06 bits per heavy atom. The maximum Gasteiger partial charge on any atom is 0.322 e. The average Bonchev–Trinajstić information content (AvgIpc) is 3.34. The summed E-state index contributed by atoms with van der Waals surface area (Å²) >= 11 is 1.65.